The highest BCUT2D eigenvalue weighted by atomic mass is 16.5. The minimum Gasteiger partial charge on any atom is -0.461 e. The summed E-state index contributed by atoms with van der Waals surface area (Å²) in [5.41, 5.74) is 0.885. The van der Waals surface area contributed by atoms with Crippen molar-refractivity contribution in [3.8, 4) is 0 Å². The molecule has 0 atom stereocenters. The van der Waals surface area contributed by atoms with Crippen LogP contribution in [0.4, 0.5) is 0 Å². The third-order valence-electron chi connectivity index (χ3n) is 3.08. The molecule has 2 aromatic rings. The molecule has 9 nitrogen and oxygen atoms in total. The second-order valence-corrected chi connectivity index (χ2v) is 5.23. The molecule has 0 aliphatic carbocycles. The van der Waals surface area contributed by atoms with E-state index in [9.17, 15) is 9.59 Å². The molecule has 0 saturated carbocycles. The van der Waals surface area contributed by atoms with Gasteiger partial charge in [0.1, 0.15) is 11.4 Å². The van der Waals surface area contributed by atoms with E-state index in [1.165, 1.54) is 6.20 Å². The maximum absolute atomic E-state index is 11.4. The van der Waals surface area contributed by atoms with Crippen LogP contribution in [0.15, 0.2) is 49.8 Å². The molecule has 0 spiro atoms. The van der Waals surface area contributed by atoms with Crippen molar-refractivity contribution in [3.63, 3.8) is 0 Å². The van der Waals surface area contributed by atoms with Crippen LogP contribution in [-0.4, -0.2) is 56.8 Å². The first kappa shape index (κ1) is 25.8. The number of hydrogen-bond donors (Lipinski definition) is 2. The highest BCUT2D eigenvalue weighted by molar-refractivity contribution is 5.87. The van der Waals surface area contributed by atoms with Crippen molar-refractivity contribution in [1.29, 1.82) is 0 Å². The van der Waals surface area contributed by atoms with Crippen molar-refractivity contribution in [2.24, 2.45) is 0 Å². The van der Waals surface area contributed by atoms with Gasteiger partial charge in [-0.1, -0.05) is 12.2 Å². The number of carbonyl (C=O) groups is 2. The Labute approximate surface area is 171 Å². The van der Waals surface area contributed by atoms with Crippen molar-refractivity contribution in [1.82, 2.24) is 20.0 Å². The zero-order valence-electron chi connectivity index (χ0n) is 17.0. The fraction of sp³-hybridized carbons (Fsp3) is 0.400. The summed E-state index contributed by atoms with van der Waals surface area (Å²) in [5, 5.41) is 18.1. The lowest BCUT2D eigenvalue weighted by Crippen LogP contribution is -2.13. The Balaban J connectivity index is 0.000000455. The third kappa shape index (κ3) is 11.3. The van der Waals surface area contributed by atoms with Crippen LogP contribution < -0.4 is 0 Å². The predicted octanol–water partition coefficient (Wildman–Crippen LogP) is 2.78. The number of H-pyrrole nitrogens is 1. The normalized spacial score (nSPS) is 9.21. The Morgan fingerprint density at radius 2 is 1.76 bits per heavy atom. The molecule has 0 bridgehead atoms. The summed E-state index contributed by atoms with van der Waals surface area (Å²) in [6.07, 6.45) is 8.06. The van der Waals surface area contributed by atoms with Gasteiger partial charge in [0.25, 0.3) is 0 Å². The van der Waals surface area contributed by atoms with Crippen LogP contribution in [0.5, 0.6) is 0 Å². The van der Waals surface area contributed by atoms with E-state index in [0.717, 1.165) is 6.42 Å². The molecule has 0 amide bonds. The maximum atomic E-state index is 11.4. The topological polar surface area (TPSA) is 119 Å². The largest absolute Gasteiger partial charge is 0.461 e. The van der Waals surface area contributed by atoms with Gasteiger partial charge in [-0.25, -0.2) is 9.59 Å². The highest BCUT2D eigenvalue weighted by Gasteiger charge is 2.11. The highest BCUT2D eigenvalue weighted by Crippen LogP contribution is 2.02. The number of allylic oxidation sites excluding steroid dienone is 1. The number of nitrogens with zero attached hydrogens (tertiary/aromatic N) is 3. The molecular formula is C20H30N4O5. The first-order chi connectivity index (χ1) is 14.0. The third-order valence-corrected chi connectivity index (χ3v) is 3.08. The smallest absolute Gasteiger partial charge is 0.356 e. The van der Waals surface area contributed by atoms with E-state index >= 15 is 0 Å². The van der Waals surface area contributed by atoms with Gasteiger partial charge in [-0.2, -0.15) is 10.2 Å². The standard InChI is InChI=1S/C10H14N2O2.C6H8N2O2.C4H8O/c1-3-5-8-12-9(6-7-11-12)10(13)14-4-2;1-2-10-6(9)5-3-4-7-8-5;1-2-3-4-5/h3,6-7H,1,4-5,8H2,2H3;3-4H,2H2,1H3,(H,7,8);2,5H,1,3-4H2. The van der Waals surface area contributed by atoms with Gasteiger partial charge in [-0.05, 0) is 38.8 Å². The fourth-order valence-electron chi connectivity index (χ4n) is 1.77. The number of aliphatic hydroxyl groups excluding tert-OH is 1. The Morgan fingerprint density at radius 3 is 2.24 bits per heavy atom. The number of ether oxygens (including phenoxy) is 2. The van der Waals surface area contributed by atoms with E-state index in [0.29, 0.717) is 37.6 Å². The molecule has 0 aliphatic rings. The van der Waals surface area contributed by atoms with Crippen molar-refractivity contribution in [2.75, 3.05) is 19.8 Å². The second kappa shape index (κ2) is 16.9. The maximum Gasteiger partial charge on any atom is 0.356 e. The molecule has 0 fully saturated rings. The monoisotopic (exact) mass is 406 g/mol. The van der Waals surface area contributed by atoms with Gasteiger partial charge >= 0.3 is 11.9 Å². The molecule has 0 radical (unpaired) electrons. The lowest BCUT2D eigenvalue weighted by Gasteiger charge is -2.04. The fourth-order valence-corrected chi connectivity index (χ4v) is 1.77. The van der Waals surface area contributed by atoms with Crippen LogP contribution >= 0.6 is 0 Å². The van der Waals surface area contributed by atoms with E-state index in [4.69, 9.17) is 9.84 Å². The summed E-state index contributed by atoms with van der Waals surface area (Å²) in [6.45, 7) is 12.2. The molecule has 0 aliphatic heterocycles. The summed E-state index contributed by atoms with van der Waals surface area (Å²) in [7, 11) is 0. The van der Waals surface area contributed by atoms with Crippen LogP contribution in [0.1, 0.15) is 47.7 Å². The average molecular weight is 406 g/mol. The van der Waals surface area contributed by atoms with Gasteiger partial charge in [-0.3, -0.25) is 9.78 Å². The van der Waals surface area contributed by atoms with E-state index in [2.05, 4.69) is 33.2 Å². The van der Waals surface area contributed by atoms with E-state index < -0.39 is 0 Å². The van der Waals surface area contributed by atoms with Gasteiger partial charge in [-0.15, -0.1) is 13.2 Å². The number of hydrogen-bond acceptors (Lipinski definition) is 7. The quantitative estimate of drug-likeness (QED) is 0.485. The zero-order valence-corrected chi connectivity index (χ0v) is 17.0. The van der Waals surface area contributed by atoms with E-state index in [1.54, 1.807) is 49.0 Å². The number of esters is 2. The van der Waals surface area contributed by atoms with Crippen LogP contribution in [0.2, 0.25) is 0 Å². The average Bonchev–Trinajstić information content (AvgIpc) is 3.40. The Hall–Kier alpha value is -3.20. The lowest BCUT2D eigenvalue weighted by molar-refractivity contribution is 0.0505. The zero-order chi connectivity index (χ0) is 21.9. The molecule has 2 aromatic heterocycles. The molecule has 160 valence electrons. The van der Waals surface area contributed by atoms with Crippen molar-refractivity contribution in [2.45, 2.75) is 33.2 Å². The van der Waals surface area contributed by atoms with E-state index in [-0.39, 0.29) is 18.5 Å². The van der Waals surface area contributed by atoms with Gasteiger partial charge in [0.05, 0.1) is 13.2 Å². The van der Waals surface area contributed by atoms with Gasteiger partial charge < -0.3 is 14.6 Å². The molecule has 2 rings (SSSR count). The van der Waals surface area contributed by atoms with Crippen molar-refractivity contribution < 1.29 is 24.2 Å². The minimum absolute atomic E-state index is 0.226. The number of aromatic nitrogens is 4. The molecule has 2 heterocycles. The predicted molar refractivity (Wildman–Crippen MR) is 109 cm³/mol. The van der Waals surface area contributed by atoms with E-state index in [1.807, 2.05) is 0 Å². The Bertz CT molecular complexity index is 710. The van der Waals surface area contributed by atoms with Gasteiger partial charge in [0.2, 0.25) is 0 Å². The molecule has 9 heteroatoms. The number of aliphatic hydroxyl groups is 1. The van der Waals surface area contributed by atoms with Crippen molar-refractivity contribution in [3.05, 3.63) is 61.2 Å². The summed E-state index contributed by atoms with van der Waals surface area (Å²) >= 11 is 0. The number of nitrogens with one attached hydrogen (secondary N) is 1. The minimum atomic E-state index is -0.361. The number of aromatic amines is 1. The number of carbonyl (C=O) groups excluding carboxylic acids is 2. The molecule has 0 aromatic carbocycles. The summed E-state index contributed by atoms with van der Waals surface area (Å²) < 4.78 is 11.2. The molecule has 0 unspecified atom stereocenters. The Morgan fingerprint density at radius 1 is 1.10 bits per heavy atom. The lowest BCUT2D eigenvalue weighted by atomic mass is 10.4. The molecular weight excluding hydrogens is 376 g/mol. The van der Waals surface area contributed by atoms with Crippen LogP contribution in [0, 0.1) is 0 Å². The molecule has 29 heavy (non-hydrogen) atoms. The first-order valence-electron chi connectivity index (χ1n) is 9.23. The second-order valence-electron chi connectivity index (χ2n) is 5.23. The Kier molecular flexibility index (Phi) is 15.1. The summed E-state index contributed by atoms with van der Waals surface area (Å²) in [4.78, 5) is 22.2. The van der Waals surface area contributed by atoms with Crippen LogP contribution in [0.25, 0.3) is 0 Å². The van der Waals surface area contributed by atoms with Gasteiger partial charge in [0.15, 0.2) is 0 Å². The molecule has 2 N–H and O–H groups in total. The SMILES string of the molecule is C=CCCO.C=CCCn1nccc1C(=O)OCC.CCOC(=O)c1ccn[nH]1. The number of rotatable bonds is 9. The van der Waals surface area contributed by atoms with Crippen LogP contribution in [-0.2, 0) is 16.0 Å². The summed E-state index contributed by atoms with van der Waals surface area (Å²) in [6, 6.07) is 3.22. The summed E-state index contributed by atoms with van der Waals surface area (Å²) in [5.74, 6) is -0.686. The first-order valence-corrected chi connectivity index (χ1v) is 9.23. The number of aryl methyl sites for hydroxylation is 1. The van der Waals surface area contributed by atoms with Crippen LogP contribution in [0.3, 0.4) is 0 Å². The molecule has 0 saturated heterocycles. The van der Waals surface area contributed by atoms with Gasteiger partial charge in [0, 0.05) is 25.5 Å². The van der Waals surface area contributed by atoms with Crippen molar-refractivity contribution >= 4 is 11.9 Å².